The van der Waals surface area contributed by atoms with Crippen LogP contribution in [0.2, 0.25) is 0 Å². The molecule has 1 unspecified atom stereocenters. The maximum absolute atomic E-state index is 6.59. The van der Waals surface area contributed by atoms with Gasteiger partial charge in [-0.15, -0.1) is 11.3 Å². The number of nitrogens with two attached hydrogens (primary N) is 1. The Morgan fingerprint density at radius 1 is 1.14 bits per heavy atom. The van der Waals surface area contributed by atoms with Gasteiger partial charge >= 0.3 is 0 Å². The lowest BCUT2D eigenvalue weighted by Crippen LogP contribution is -2.35. The number of benzene rings is 2. The number of hydrogen-bond acceptors (Lipinski definition) is 3. The third-order valence-corrected chi connectivity index (χ3v) is 4.86. The van der Waals surface area contributed by atoms with Crippen molar-refractivity contribution in [1.82, 2.24) is 0 Å². The molecule has 0 amide bonds. The first-order valence-electron chi connectivity index (χ1n) is 6.99. The van der Waals surface area contributed by atoms with E-state index in [2.05, 4.69) is 42.6 Å². The van der Waals surface area contributed by atoms with Crippen LogP contribution in [-0.2, 0) is 12.0 Å². The molecule has 3 rings (SSSR count). The Bertz CT molecular complexity index is 761. The van der Waals surface area contributed by atoms with Crippen LogP contribution in [0.5, 0.6) is 5.75 Å². The molecule has 3 aromatic rings. The van der Waals surface area contributed by atoms with Crippen molar-refractivity contribution in [3.63, 3.8) is 0 Å². The van der Waals surface area contributed by atoms with Gasteiger partial charge in [-0.25, -0.2) is 0 Å². The molecule has 1 heterocycles. The Morgan fingerprint density at radius 2 is 1.95 bits per heavy atom. The molecule has 2 aromatic carbocycles. The standard InChI is InChI=1S/C18H19NOS/c1-18(19,14-6-5-7-15(10-14)20-2)11-13-12-21-17-9-4-3-8-16(13)17/h3-10,12H,11,19H2,1-2H3. The van der Waals surface area contributed by atoms with Crippen molar-refractivity contribution in [1.29, 1.82) is 0 Å². The topological polar surface area (TPSA) is 35.2 Å². The number of thiophene rings is 1. The summed E-state index contributed by atoms with van der Waals surface area (Å²) in [6.07, 6.45) is 0.810. The highest BCUT2D eigenvalue weighted by molar-refractivity contribution is 7.17. The first kappa shape index (κ1) is 14.1. The lowest BCUT2D eigenvalue weighted by atomic mass is 9.86. The molecule has 0 radical (unpaired) electrons. The van der Waals surface area contributed by atoms with Gasteiger partial charge in [0, 0.05) is 10.2 Å². The van der Waals surface area contributed by atoms with E-state index in [9.17, 15) is 0 Å². The third kappa shape index (κ3) is 2.80. The summed E-state index contributed by atoms with van der Waals surface area (Å²) in [6, 6.07) is 16.5. The lowest BCUT2D eigenvalue weighted by molar-refractivity contribution is 0.410. The minimum absolute atomic E-state index is 0.418. The molecule has 0 aliphatic heterocycles. The van der Waals surface area contributed by atoms with Crippen molar-refractivity contribution in [3.05, 3.63) is 65.0 Å². The zero-order valence-electron chi connectivity index (χ0n) is 12.3. The molecular formula is C18H19NOS. The minimum Gasteiger partial charge on any atom is -0.497 e. The molecule has 108 valence electrons. The first-order chi connectivity index (χ1) is 10.1. The Kier molecular flexibility index (Phi) is 3.70. The van der Waals surface area contributed by atoms with E-state index in [-0.39, 0.29) is 0 Å². The molecular weight excluding hydrogens is 278 g/mol. The molecule has 0 saturated carbocycles. The zero-order valence-corrected chi connectivity index (χ0v) is 13.1. The van der Waals surface area contributed by atoms with Crippen LogP contribution >= 0.6 is 11.3 Å². The van der Waals surface area contributed by atoms with E-state index in [1.54, 1.807) is 18.4 Å². The van der Waals surface area contributed by atoms with Crippen molar-refractivity contribution in [3.8, 4) is 5.75 Å². The molecule has 0 aliphatic rings. The summed E-state index contributed by atoms with van der Waals surface area (Å²) in [6.45, 7) is 2.08. The monoisotopic (exact) mass is 297 g/mol. The van der Waals surface area contributed by atoms with Gasteiger partial charge in [-0.2, -0.15) is 0 Å². The molecule has 0 fully saturated rings. The number of ether oxygens (including phenoxy) is 1. The predicted molar refractivity (Wildman–Crippen MR) is 90.1 cm³/mol. The fraction of sp³-hybridized carbons (Fsp3) is 0.222. The Labute approximate surface area is 129 Å². The quantitative estimate of drug-likeness (QED) is 0.778. The summed E-state index contributed by atoms with van der Waals surface area (Å²) < 4.78 is 6.62. The van der Waals surface area contributed by atoms with Crippen molar-refractivity contribution in [2.75, 3.05) is 7.11 Å². The number of methoxy groups -OCH3 is 1. The normalized spacial score (nSPS) is 14.0. The van der Waals surface area contributed by atoms with Crippen molar-refractivity contribution in [2.45, 2.75) is 18.9 Å². The second-order valence-electron chi connectivity index (χ2n) is 5.58. The average molecular weight is 297 g/mol. The maximum Gasteiger partial charge on any atom is 0.119 e. The van der Waals surface area contributed by atoms with Gasteiger partial charge in [0.15, 0.2) is 0 Å². The summed E-state index contributed by atoms with van der Waals surface area (Å²) in [5.41, 5.74) is 8.58. The molecule has 1 aromatic heterocycles. The molecule has 21 heavy (non-hydrogen) atoms. The van der Waals surface area contributed by atoms with Gasteiger partial charge < -0.3 is 10.5 Å². The highest BCUT2D eigenvalue weighted by atomic mass is 32.1. The van der Waals surface area contributed by atoms with Gasteiger partial charge in [-0.1, -0.05) is 30.3 Å². The van der Waals surface area contributed by atoms with Crippen LogP contribution in [0.25, 0.3) is 10.1 Å². The van der Waals surface area contributed by atoms with E-state index in [1.807, 2.05) is 18.2 Å². The number of rotatable bonds is 4. The Hall–Kier alpha value is -1.84. The van der Waals surface area contributed by atoms with Gasteiger partial charge in [-0.05, 0) is 53.4 Å². The molecule has 2 nitrogen and oxygen atoms in total. The summed E-state index contributed by atoms with van der Waals surface area (Å²) in [4.78, 5) is 0. The van der Waals surface area contributed by atoms with Gasteiger partial charge in [0.2, 0.25) is 0 Å². The van der Waals surface area contributed by atoms with Gasteiger partial charge in [-0.3, -0.25) is 0 Å². The summed E-state index contributed by atoms with van der Waals surface area (Å²) in [5, 5.41) is 3.53. The Balaban J connectivity index is 1.95. The summed E-state index contributed by atoms with van der Waals surface area (Å²) >= 11 is 1.78. The first-order valence-corrected chi connectivity index (χ1v) is 7.87. The fourth-order valence-corrected chi connectivity index (χ4v) is 3.61. The molecule has 3 heteroatoms. The van der Waals surface area contributed by atoms with E-state index >= 15 is 0 Å². The average Bonchev–Trinajstić information content (AvgIpc) is 2.90. The largest absolute Gasteiger partial charge is 0.497 e. The molecule has 0 aliphatic carbocycles. The highest BCUT2D eigenvalue weighted by Crippen LogP contribution is 2.32. The molecule has 0 spiro atoms. The molecule has 0 bridgehead atoms. The maximum atomic E-state index is 6.59. The SMILES string of the molecule is COc1cccc(C(C)(N)Cc2csc3ccccc23)c1. The predicted octanol–water partition coefficient (Wildman–Crippen LogP) is 4.33. The van der Waals surface area contributed by atoms with Crippen LogP contribution < -0.4 is 10.5 Å². The van der Waals surface area contributed by atoms with Crippen LogP contribution in [0.15, 0.2) is 53.9 Å². The Morgan fingerprint density at radius 3 is 2.76 bits per heavy atom. The van der Waals surface area contributed by atoms with E-state index < -0.39 is 5.54 Å². The smallest absolute Gasteiger partial charge is 0.119 e. The van der Waals surface area contributed by atoms with E-state index in [4.69, 9.17) is 10.5 Å². The number of fused-ring (bicyclic) bond motifs is 1. The van der Waals surface area contributed by atoms with Crippen LogP contribution in [0, 0.1) is 0 Å². The van der Waals surface area contributed by atoms with Gasteiger partial charge in [0.05, 0.1) is 7.11 Å². The molecule has 2 N–H and O–H groups in total. The van der Waals surface area contributed by atoms with E-state index in [0.29, 0.717) is 0 Å². The van der Waals surface area contributed by atoms with Crippen molar-refractivity contribution < 1.29 is 4.74 Å². The highest BCUT2D eigenvalue weighted by Gasteiger charge is 2.23. The lowest BCUT2D eigenvalue weighted by Gasteiger charge is -2.25. The van der Waals surface area contributed by atoms with E-state index in [0.717, 1.165) is 17.7 Å². The van der Waals surface area contributed by atoms with Crippen molar-refractivity contribution >= 4 is 21.4 Å². The van der Waals surface area contributed by atoms with Crippen LogP contribution in [0.4, 0.5) is 0 Å². The van der Waals surface area contributed by atoms with E-state index in [1.165, 1.54) is 15.6 Å². The van der Waals surface area contributed by atoms with Gasteiger partial charge in [0.25, 0.3) is 0 Å². The van der Waals surface area contributed by atoms with Crippen molar-refractivity contribution in [2.24, 2.45) is 5.73 Å². The molecule has 1 atom stereocenters. The van der Waals surface area contributed by atoms with Crippen LogP contribution in [0.3, 0.4) is 0 Å². The fourth-order valence-electron chi connectivity index (χ4n) is 2.65. The third-order valence-electron chi connectivity index (χ3n) is 3.85. The number of hydrogen-bond donors (Lipinski definition) is 1. The van der Waals surface area contributed by atoms with Gasteiger partial charge in [0.1, 0.15) is 5.75 Å². The summed E-state index contributed by atoms with van der Waals surface area (Å²) in [5.74, 6) is 0.847. The summed E-state index contributed by atoms with van der Waals surface area (Å²) in [7, 11) is 1.68. The van der Waals surface area contributed by atoms with Crippen LogP contribution in [0.1, 0.15) is 18.1 Å². The zero-order chi connectivity index (χ0) is 14.9. The minimum atomic E-state index is -0.418. The molecule has 0 saturated heterocycles. The van der Waals surface area contributed by atoms with Crippen LogP contribution in [-0.4, -0.2) is 7.11 Å². The second kappa shape index (κ2) is 5.51. The second-order valence-corrected chi connectivity index (χ2v) is 6.49.